The summed E-state index contributed by atoms with van der Waals surface area (Å²) in [7, 11) is 4.92. The van der Waals surface area contributed by atoms with E-state index in [0.717, 1.165) is 19.3 Å². The number of carbonyl (C=O) groups is 1. The van der Waals surface area contributed by atoms with Crippen molar-refractivity contribution in [1.29, 1.82) is 0 Å². The zero-order chi connectivity index (χ0) is 15.0. The number of ether oxygens (including phenoxy) is 2. The second-order valence-electron chi connectivity index (χ2n) is 4.54. The van der Waals surface area contributed by atoms with E-state index in [1.54, 1.807) is 44.4 Å². The summed E-state index contributed by atoms with van der Waals surface area (Å²) in [6.07, 6.45) is 2.95. The van der Waals surface area contributed by atoms with Crippen molar-refractivity contribution in [3.8, 4) is 11.5 Å². The van der Waals surface area contributed by atoms with Gasteiger partial charge in [-0.25, -0.2) is 0 Å². The molecule has 0 atom stereocenters. The highest BCUT2D eigenvalue weighted by atomic mass is 35.5. The first-order valence-corrected chi connectivity index (χ1v) is 7.21. The Morgan fingerprint density at radius 3 is 2.55 bits per heavy atom. The Labute approximate surface area is 125 Å². The lowest BCUT2D eigenvalue weighted by molar-refractivity contribution is 0.0789. The van der Waals surface area contributed by atoms with E-state index in [4.69, 9.17) is 21.1 Å². The van der Waals surface area contributed by atoms with E-state index in [-0.39, 0.29) is 5.91 Å². The van der Waals surface area contributed by atoms with E-state index in [1.807, 2.05) is 0 Å². The number of unbranched alkanes of at least 4 members (excludes halogenated alkanes) is 2. The molecule has 0 aromatic heterocycles. The van der Waals surface area contributed by atoms with Crippen molar-refractivity contribution in [3.05, 3.63) is 23.8 Å². The maximum absolute atomic E-state index is 12.4. The summed E-state index contributed by atoms with van der Waals surface area (Å²) in [4.78, 5) is 14.1. The lowest BCUT2D eigenvalue weighted by Crippen LogP contribution is -2.28. The average molecular weight is 300 g/mol. The van der Waals surface area contributed by atoms with Gasteiger partial charge in [0.15, 0.2) is 0 Å². The van der Waals surface area contributed by atoms with Gasteiger partial charge < -0.3 is 14.4 Å². The number of rotatable bonds is 8. The van der Waals surface area contributed by atoms with Crippen LogP contribution in [0.5, 0.6) is 11.5 Å². The first-order valence-electron chi connectivity index (χ1n) is 6.67. The molecule has 0 aliphatic carbocycles. The molecule has 0 radical (unpaired) electrons. The van der Waals surface area contributed by atoms with E-state index in [9.17, 15) is 4.79 Å². The number of alkyl halides is 1. The molecule has 1 aromatic carbocycles. The van der Waals surface area contributed by atoms with Gasteiger partial charge in [0.1, 0.15) is 11.5 Å². The summed E-state index contributed by atoms with van der Waals surface area (Å²) < 4.78 is 10.4. The predicted octanol–water partition coefficient (Wildman–Crippen LogP) is 3.18. The number of hydrogen-bond donors (Lipinski definition) is 0. The van der Waals surface area contributed by atoms with Crippen molar-refractivity contribution in [2.45, 2.75) is 19.3 Å². The van der Waals surface area contributed by atoms with Gasteiger partial charge in [0.25, 0.3) is 5.91 Å². The minimum atomic E-state index is -0.0633. The molecule has 1 amide bonds. The van der Waals surface area contributed by atoms with Crippen LogP contribution in [-0.4, -0.2) is 44.5 Å². The topological polar surface area (TPSA) is 38.8 Å². The number of carbonyl (C=O) groups excluding carboxylic acids is 1. The molecule has 0 fully saturated rings. The molecular weight excluding hydrogens is 278 g/mol. The fourth-order valence-corrected chi connectivity index (χ4v) is 2.10. The smallest absolute Gasteiger partial charge is 0.257 e. The van der Waals surface area contributed by atoms with Crippen LogP contribution in [0.25, 0.3) is 0 Å². The van der Waals surface area contributed by atoms with Gasteiger partial charge in [-0.2, -0.15) is 0 Å². The van der Waals surface area contributed by atoms with Crippen molar-refractivity contribution in [3.63, 3.8) is 0 Å². The molecule has 4 nitrogen and oxygen atoms in total. The molecule has 1 rings (SSSR count). The van der Waals surface area contributed by atoms with Gasteiger partial charge >= 0.3 is 0 Å². The van der Waals surface area contributed by atoms with E-state index in [0.29, 0.717) is 29.5 Å². The highest BCUT2D eigenvalue weighted by molar-refractivity contribution is 6.17. The molecule has 0 aliphatic heterocycles. The van der Waals surface area contributed by atoms with Crippen LogP contribution in [0.4, 0.5) is 0 Å². The monoisotopic (exact) mass is 299 g/mol. The van der Waals surface area contributed by atoms with E-state index in [1.165, 1.54) is 0 Å². The lowest BCUT2D eigenvalue weighted by atomic mass is 10.1. The van der Waals surface area contributed by atoms with Crippen molar-refractivity contribution >= 4 is 17.5 Å². The van der Waals surface area contributed by atoms with Crippen LogP contribution in [0.15, 0.2) is 18.2 Å². The SMILES string of the molecule is COc1ccc(OC)c(C(=O)N(C)CCCCCCl)c1. The highest BCUT2D eigenvalue weighted by Gasteiger charge is 2.17. The minimum absolute atomic E-state index is 0.0633. The molecule has 0 unspecified atom stereocenters. The standard InChI is InChI=1S/C15H22ClNO3/c1-17(10-6-4-5-9-16)15(18)13-11-12(19-2)7-8-14(13)20-3/h7-8,11H,4-6,9-10H2,1-3H3. The van der Waals surface area contributed by atoms with Crippen molar-refractivity contribution in [2.75, 3.05) is 33.7 Å². The molecule has 0 N–H and O–H groups in total. The Balaban J connectivity index is 2.74. The highest BCUT2D eigenvalue weighted by Crippen LogP contribution is 2.25. The molecule has 0 saturated carbocycles. The molecule has 1 aromatic rings. The Kier molecular flexibility index (Phi) is 7.23. The molecule has 112 valence electrons. The van der Waals surface area contributed by atoms with E-state index in [2.05, 4.69) is 0 Å². The number of halogens is 1. The summed E-state index contributed by atoms with van der Waals surface area (Å²) in [5.41, 5.74) is 0.520. The van der Waals surface area contributed by atoms with Crippen molar-refractivity contribution < 1.29 is 14.3 Å². The Morgan fingerprint density at radius 2 is 1.95 bits per heavy atom. The van der Waals surface area contributed by atoms with Crippen LogP contribution in [0, 0.1) is 0 Å². The average Bonchev–Trinajstić information content (AvgIpc) is 2.49. The van der Waals surface area contributed by atoms with Gasteiger partial charge in [-0.15, -0.1) is 11.6 Å². The normalized spacial score (nSPS) is 10.2. The van der Waals surface area contributed by atoms with Crippen molar-refractivity contribution in [1.82, 2.24) is 4.90 Å². The molecule has 0 spiro atoms. The fourth-order valence-electron chi connectivity index (χ4n) is 1.91. The van der Waals surface area contributed by atoms with Crippen LogP contribution in [0.1, 0.15) is 29.6 Å². The number of benzene rings is 1. The first-order chi connectivity index (χ1) is 9.63. The van der Waals surface area contributed by atoms with E-state index >= 15 is 0 Å². The second-order valence-corrected chi connectivity index (χ2v) is 4.92. The third-order valence-corrected chi connectivity index (χ3v) is 3.38. The second kappa shape index (κ2) is 8.69. The van der Waals surface area contributed by atoms with Gasteiger partial charge in [0.2, 0.25) is 0 Å². The van der Waals surface area contributed by atoms with E-state index < -0.39 is 0 Å². The Hall–Kier alpha value is -1.42. The Morgan fingerprint density at radius 1 is 1.20 bits per heavy atom. The minimum Gasteiger partial charge on any atom is -0.497 e. The van der Waals surface area contributed by atoms with Crippen LogP contribution in [0.2, 0.25) is 0 Å². The number of methoxy groups -OCH3 is 2. The molecular formula is C15H22ClNO3. The molecule has 5 heteroatoms. The maximum Gasteiger partial charge on any atom is 0.257 e. The summed E-state index contributed by atoms with van der Waals surface area (Å²) in [5, 5.41) is 0. The van der Waals surface area contributed by atoms with Gasteiger partial charge in [0.05, 0.1) is 19.8 Å². The van der Waals surface area contributed by atoms with Crippen LogP contribution < -0.4 is 9.47 Å². The van der Waals surface area contributed by atoms with Gasteiger partial charge in [-0.05, 0) is 31.0 Å². The van der Waals surface area contributed by atoms with Crippen LogP contribution in [-0.2, 0) is 0 Å². The zero-order valence-electron chi connectivity index (χ0n) is 12.3. The maximum atomic E-state index is 12.4. The summed E-state index contributed by atoms with van der Waals surface area (Å²) in [6, 6.07) is 5.22. The third-order valence-electron chi connectivity index (χ3n) is 3.11. The molecule has 20 heavy (non-hydrogen) atoms. The largest absolute Gasteiger partial charge is 0.497 e. The zero-order valence-corrected chi connectivity index (χ0v) is 13.1. The Bertz CT molecular complexity index is 437. The number of hydrogen-bond acceptors (Lipinski definition) is 3. The molecule has 0 heterocycles. The number of amides is 1. The van der Waals surface area contributed by atoms with Crippen LogP contribution >= 0.6 is 11.6 Å². The van der Waals surface area contributed by atoms with Gasteiger partial charge in [-0.1, -0.05) is 6.42 Å². The van der Waals surface area contributed by atoms with Gasteiger partial charge in [-0.3, -0.25) is 4.79 Å². The first kappa shape index (κ1) is 16.6. The van der Waals surface area contributed by atoms with Gasteiger partial charge in [0, 0.05) is 19.5 Å². The quantitative estimate of drug-likeness (QED) is 0.546. The molecule has 0 bridgehead atoms. The summed E-state index contributed by atoms with van der Waals surface area (Å²) in [6.45, 7) is 0.704. The summed E-state index contributed by atoms with van der Waals surface area (Å²) >= 11 is 5.64. The molecule has 0 saturated heterocycles. The lowest BCUT2D eigenvalue weighted by Gasteiger charge is -2.19. The van der Waals surface area contributed by atoms with Crippen LogP contribution in [0.3, 0.4) is 0 Å². The summed E-state index contributed by atoms with van der Waals surface area (Å²) in [5.74, 6) is 1.81. The predicted molar refractivity (Wildman–Crippen MR) is 81.1 cm³/mol. The fraction of sp³-hybridized carbons (Fsp3) is 0.533. The molecule has 0 aliphatic rings. The third kappa shape index (κ3) is 4.60. The number of nitrogens with zero attached hydrogens (tertiary/aromatic N) is 1. The van der Waals surface area contributed by atoms with Crippen molar-refractivity contribution in [2.24, 2.45) is 0 Å².